The first kappa shape index (κ1) is 18.9. The quantitative estimate of drug-likeness (QED) is 0.826. The molecule has 6 heteroatoms. The predicted molar refractivity (Wildman–Crippen MR) is 99.6 cm³/mol. The maximum absolute atomic E-state index is 12.9. The molecule has 2 amide bonds. The summed E-state index contributed by atoms with van der Waals surface area (Å²) in [5.74, 6) is 0.209. The Kier molecular flexibility index (Phi) is 5.63. The largest absolute Gasteiger partial charge is 0.379 e. The van der Waals surface area contributed by atoms with Crippen molar-refractivity contribution < 1.29 is 14.7 Å². The van der Waals surface area contributed by atoms with E-state index in [2.05, 4.69) is 43.4 Å². The number of piperidine rings is 1. The summed E-state index contributed by atoms with van der Waals surface area (Å²) >= 11 is 0. The SMILES string of the molecule is CC(C)c1ccc(CN2CCCC(O)(CN3CCNC(=O)C3)C2=O)cc1. The molecule has 2 saturated heterocycles. The number of hydrogen-bond donors (Lipinski definition) is 2. The van der Waals surface area contributed by atoms with Gasteiger partial charge in [0, 0.05) is 32.7 Å². The molecule has 0 spiro atoms. The number of carbonyl (C=O) groups excluding carboxylic acids is 2. The molecule has 0 aromatic heterocycles. The number of benzene rings is 1. The molecule has 2 aliphatic heterocycles. The van der Waals surface area contributed by atoms with Crippen molar-refractivity contribution in [3.8, 4) is 0 Å². The summed E-state index contributed by atoms with van der Waals surface area (Å²) in [6.45, 7) is 7.18. The second-order valence-electron chi connectivity index (χ2n) is 7.82. The zero-order chi connectivity index (χ0) is 18.7. The number of rotatable bonds is 5. The monoisotopic (exact) mass is 359 g/mol. The molecule has 1 aromatic rings. The maximum atomic E-state index is 12.9. The fourth-order valence-electron chi connectivity index (χ4n) is 3.79. The lowest BCUT2D eigenvalue weighted by atomic mass is 9.90. The Morgan fingerprint density at radius 1 is 1.19 bits per heavy atom. The fraction of sp³-hybridized carbons (Fsp3) is 0.600. The van der Waals surface area contributed by atoms with Crippen LogP contribution in [0.2, 0.25) is 0 Å². The average molecular weight is 359 g/mol. The minimum atomic E-state index is -1.40. The summed E-state index contributed by atoms with van der Waals surface area (Å²) in [6, 6.07) is 8.33. The zero-order valence-corrected chi connectivity index (χ0v) is 15.7. The van der Waals surface area contributed by atoms with E-state index in [4.69, 9.17) is 0 Å². The van der Waals surface area contributed by atoms with E-state index < -0.39 is 5.60 Å². The van der Waals surface area contributed by atoms with E-state index in [0.717, 1.165) is 12.0 Å². The summed E-state index contributed by atoms with van der Waals surface area (Å²) < 4.78 is 0. The van der Waals surface area contributed by atoms with Crippen LogP contribution in [0.4, 0.5) is 0 Å². The van der Waals surface area contributed by atoms with Gasteiger partial charge in [-0.3, -0.25) is 14.5 Å². The van der Waals surface area contributed by atoms with Crippen molar-refractivity contribution in [2.24, 2.45) is 0 Å². The number of aliphatic hydroxyl groups is 1. The van der Waals surface area contributed by atoms with E-state index in [1.165, 1.54) is 5.56 Å². The highest BCUT2D eigenvalue weighted by Gasteiger charge is 2.43. The third-order valence-corrected chi connectivity index (χ3v) is 5.33. The number of piperazine rings is 1. The molecule has 0 radical (unpaired) electrons. The van der Waals surface area contributed by atoms with Gasteiger partial charge in [-0.25, -0.2) is 0 Å². The second-order valence-corrected chi connectivity index (χ2v) is 7.82. The number of β-amino-alcohol motifs (C(OH)–C–C–N with tert-alkyl or cyclic N) is 1. The molecule has 0 bridgehead atoms. The van der Waals surface area contributed by atoms with Crippen LogP contribution in [0, 0.1) is 0 Å². The Hall–Kier alpha value is -1.92. The molecule has 2 heterocycles. The van der Waals surface area contributed by atoms with Crippen LogP contribution in [-0.4, -0.2) is 65.0 Å². The van der Waals surface area contributed by atoms with Crippen LogP contribution in [0.25, 0.3) is 0 Å². The third-order valence-electron chi connectivity index (χ3n) is 5.33. The molecule has 0 saturated carbocycles. The summed E-state index contributed by atoms with van der Waals surface area (Å²) in [7, 11) is 0. The topological polar surface area (TPSA) is 72.9 Å². The lowest BCUT2D eigenvalue weighted by Gasteiger charge is -2.41. The summed E-state index contributed by atoms with van der Waals surface area (Å²) in [6.07, 6.45) is 1.22. The molecular formula is C20H29N3O3. The minimum absolute atomic E-state index is 0.0507. The van der Waals surface area contributed by atoms with Gasteiger partial charge in [-0.2, -0.15) is 0 Å². The Labute approximate surface area is 155 Å². The van der Waals surface area contributed by atoms with Crippen molar-refractivity contribution in [3.05, 3.63) is 35.4 Å². The lowest BCUT2D eigenvalue weighted by molar-refractivity contribution is -0.161. The third kappa shape index (κ3) is 4.24. The van der Waals surface area contributed by atoms with Gasteiger partial charge < -0.3 is 15.3 Å². The number of likely N-dealkylation sites (tertiary alicyclic amines) is 1. The molecule has 1 unspecified atom stereocenters. The highest BCUT2D eigenvalue weighted by Crippen LogP contribution is 2.26. The summed E-state index contributed by atoms with van der Waals surface area (Å²) in [4.78, 5) is 28.1. The number of amides is 2. The zero-order valence-electron chi connectivity index (χ0n) is 15.7. The van der Waals surface area contributed by atoms with E-state index in [9.17, 15) is 14.7 Å². The fourth-order valence-corrected chi connectivity index (χ4v) is 3.79. The minimum Gasteiger partial charge on any atom is -0.379 e. The van der Waals surface area contributed by atoms with Gasteiger partial charge in [-0.15, -0.1) is 0 Å². The Bertz CT molecular complexity index is 659. The van der Waals surface area contributed by atoms with E-state index in [-0.39, 0.29) is 24.9 Å². The van der Waals surface area contributed by atoms with Crippen LogP contribution >= 0.6 is 0 Å². The molecule has 0 aliphatic carbocycles. The van der Waals surface area contributed by atoms with E-state index in [1.54, 1.807) is 4.90 Å². The summed E-state index contributed by atoms with van der Waals surface area (Å²) in [5.41, 5.74) is 0.955. The smallest absolute Gasteiger partial charge is 0.256 e. The van der Waals surface area contributed by atoms with Crippen molar-refractivity contribution in [1.29, 1.82) is 0 Å². The van der Waals surface area contributed by atoms with Gasteiger partial charge in [0.1, 0.15) is 0 Å². The molecule has 2 fully saturated rings. The number of nitrogens with one attached hydrogen (secondary N) is 1. The van der Waals surface area contributed by atoms with Gasteiger partial charge in [0.2, 0.25) is 5.91 Å². The second kappa shape index (κ2) is 7.76. The molecule has 1 atom stereocenters. The van der Waals surface area contributed by atoms with Gasteiger partial charge in [0.15, 0.2) is 5.60 Å². The van der Waals surface area contributed by atoms with E-state index in [0.29, 0.717) is 38.5 Å². The number of nitrogens with zero attached hydrogens (tertiary/aromatic N) is 2. The average Bonchev–Trinajstić information content (AvgIpc) is 2.59. The highest BCUT2D eigenvalue weighted by molar-refractivity contribution is 5.86. The summed E-state index contributed by atoms with van der Waals surface area (Å²) in [5, 5.41) is 13.7. The Morgan fingerprint density at radius 2 is 1.92 bits per heavy atom. The molecule has 6 nitrogen and oxygen atoms in total. The molecule has 142 valence electrons. The standard InChI is InChI=1S/C20H29N3O3/c1-15(2)17-6-4-16(5-7-17)12-23-10-3-8-20(26,19(23)25)14-22-11-9-21-18(24)13-22/h4-7,15,26H,3,8-14H2,1-2H3,(H,21,24). The van der Waals surface area contributed by atoms with Crippen LogP contribution in [0.1, 0.15) is 43.7 Å². The predicted octanol–water partition coefficient (Wildman–Crippen LogP) is 1.10. The first-order valence-electron chi connectivity index (χ1n) is 9.47. The molecule has 2 aliphatic rings. The van der Waals surface area contributed by atoms with Crippen molar-refractivity contribution in [3.63, 3.8) is 0 Å². The van der Waals surface area contributed by atoms with Gasteiger partial charge in [0.25, 0.3) is 5.91 Å². The number of carbonyl (C=O) groups is 2. The Balaban J connectivity index is 1.65. The van der Waals surface area contributed by atoms with Crippen molar-refractivity contribution in [2.75, 3.05) is 32.7 Å². The van der Waals surface area contributed by atoms with Gasteiger partial charge in [-0.05, 0) is 29.9 Å². The van der Waals surface area contributed by atoms with Crippen molar-refractivity contribution in [2.45, 2.75) is 44.8 Å². The van der Waals surface area contributed by atoms with Crippen LogP contribution in [0.3, 0.4) is 0 Å². The number of hydrogen-bond acceptors (Lipinski definition) is 4. The van der Waals surface area contributed by atoms with Gasteiger partial charge >= 0.3 is 0 Å². The van der Waals surface area contributed by atoms with Gasteiger partial charge in [0.05, 0.1) is 6.54 Å². The highest BCUT2D eigenvalue weighted by atomic mass is 16.3. The molecule has 3 rings (SSSR count). The first-order valence-corrected chi connectivity index (χ1v) is 9.47. The van der Waals surface area contributed by atoms with Crippen LogP contribution in [-0.2, 0) is 16.1 Å². The first-order chi connectivity index (χ1) is 12.4. The molecule has 26 heavy (non-hydrogen) atoms. The lowest BCUT2D eigenvalue weighted by Crippen LogP contribution is -2.60. The van der Waals surface area contributed by atoms with Gasteiger partial charge in [-0.1, -0.05) is 38.1 Å². The maximum Gasteiger partial charge on any atom is 0.256 e. The van der Waals surface area contributed by atoms with E-state index in [1.807, 2.05) is 4.90 Å². The van der Waals surface area contributed by atoms with Crippen molar-refractivity contribution in [1.82, 2.24) is 15.1 Å². The Morgan fingerprint density at radius 3 is 2.58 bits per heavy atom. The molecular weight excluding hydrogens is 330 g/mol. The normalized spacial score (nSPS) is 24.8. The van der Waals surface area contributed by atoms with Crippen LogP contribution in [0.5, 0.6) is 0 Å². The van der Waals surface area contributed by atoms with Crippen LogP contribution in [0.15, 0.2) is 24.3 Å². The van der Waals surface area contributed by atoms with E-state index >= 15 is 0 Å². The molecule has 1 aromatic carbocycles. The van der Waals surface area contributed by atoms with Crippen molar-refractivity contribution >= 4 is 11.8 Å². The van der Waals surface area contributed by atoms with Crippen LogP contribution < -0.4 is 5.32 Å². The molecule has 2 N–H and O–H groups in total.